The number of carbonyl (C=O) groups is 1. The number of aromatic amines is 1. The zero-order chi connectivity index (χ0) is 23.1. The number of ether oxygens (including phenoxy) is 1. The van der Waals surface area contributed by atoms with Crippen LogP contribution in [0.25, 0.3) is 5.69 Å². The lowest BCUT2D eigenvalue weighted by molar-refractivity contribution is -0.137. The van der Waals surface area contributed by atoms with Gasteiger partial charge in [-0.2, -0.15) is 0 Å². The van der Waals surface area contributed by atoms with E-state index in [-0.39, 0.29) is 28.4 Å². The highest BCUT2D eigenvalue weighted by Crippen LogP contribution is 2.40. The van der Waals surface area contributed by atoms with E-state index < -0.39 is 12.1 Å². The second kappa shape index (κ2) is 8.09. The first kappa shape index (κ1) is 20.7. The van der Waals surface area contributed by atoms with Crippen LogP contribution in [0.1, 0.15) is 41.3 Å². The molecule has 2 aromatic carbocycles. The van der Waals surface area contributed by atoms with E-state index >= 15 is 0 Å². The smallest absolute Gasteiger partial charge is 0.370 e. The van der Waals surface area contributed by atoms with Gasteiger partial charge in [-0.25, -0.2) is 9.48 Å². The Morgan fingerprint density at radius 2 is 2.00 bits per heavy atom. The number of H-pyrrole nitrogens is 1. The summed E-state index contributed by atoms with van der Waals surface area (Å²) in [5.74, 6) is -1.48. The van der Waals surface area contributed by atoms with Gasteiger partial charge < -0.3 is 14.9 Å². The van der Waals surface area contributed by atoms with Crippen LogP contribution in [0, 0.1) is 6.92 Å². The summed E-state index contributed by atoms with van der Waals surface area (Å²) in [6, 6.07) is 10.9. The van der Waals surface area contributed by atoms with Crippen molar-refractivity contribution in [2.75, 3.05) is 0 Å². The number of phenols is 1. The van der Waals surface area contributed by atoms with E-state index in [1.165, 1.54) is 21.9 Å². The fourth-order valence-corrected chi connectivity index (χ4v) is 4.32. The summed E-state index contributed by atoms with van der Waals surface area (Å²) in [6.07, 6.45) is 4.35. The Morgan fingerprint density at radius 1 is 1.18 bits per heavy atom. The molecule has 0 saturated heterocycles. The maximum Gasteiger partial charge on any atom is 0.370 e. The molecule has 0 spiro atoms. The number of aryl methyl sites for hydroxylation is 3. The van der Waals surface area contributed by atoms with Crippen LogP contribution in [0.15, 0.2) is 63.3 Å². The molecule has 1 unspecified atom stereocenters. The molecular formula is C24H22N4O5. The highest BCUT2D eigenvalue weighted by atomic mass is 16.5. The lowest BCUT2D eigenvalue weighted by Gasteiger charge is -2.14. The quantitative estimate of drug-likeness (QED) is 0.497. The van der Waals surface area contributed by atoms with Crippen molar-refractivity contribution in [2.24, 2.45) is 10.2 Å². The second-order valence-corrected chi connectivity index (χ2v) is 8.16. The first-order valence-corrected chi connectivity index (χ1v) is 10.7. The van der Waals surface area contributed by atoms with Crippen molar-refractivity contribution in [2.45, 2.75) is 38.7 Å². The standard InChI is InChI=1S/C24H22N4O5/c1-13-21(23(30)28(27-13)16-9-8-14-4-2-5-15(14)12-16)26-25-18-7-3-6-17(22(18)29)19-10-11-20(33-19)24(31)32/h3,6-9,11-12,19,27,29H,2,4-5,10H2,1H3,(H,31,32). The minimum atomic E-state index is -1.16. The molecule has 0 amide bonds. The molecule has 5 rings (SSSR count). The van der Waals surface area contributed by atoms with E-state index in [9.17, 15) is 14.7 Å². The fraction of sp³-hybridized carbons (Fsp3) is 0.250. The summed E-state index contributed by atoms with van der Waals surface area (Å²) in [5.41, 5.74) is 4.24. The summed E-state index contributed by atoms with van der Waals surface area (Å²) in [7, 11) is 0. The van der Waals surface area contributed by atoms with Crippen molar-refractivity contribution in [3.63, 3.8) is 0 Å². The van der Waals surface area contributed by atoms with Gasteiger partial charge in [-0.05, 0) is 61.6 Å². The van der Waals surface area contributed by atoms with Gasteiger partial charge in [0.2, 0.25) is 5.76 Å². The number of benzene rings is 2. The Hall–Kier alpha value is -4.14. The number of aromatic nitrogens is 2. The van der Waals surface area contributed by atoms with E-state index in [1.807, 2.05) is 12.1 Å². The van der Waals surface area contributed by atoms with Gasteiger partial charge in [0, 0.05) is 12.0 Å². The van der Waals surface area contributed by atoms with Gasteiger partial charge in [0.15, 0.2) is 5.69 Å². The highest BCUT2D eigenvalue weighted by Gasteiger charge is 2.27. The van der Waals surface area contributed by atoms with E-state index in [2.05, 4.69) is 21.4 Å². The van der Waals surface area contributed by atoms with Crippen LogP contribution in [0.5, 0.6) is 5.75 Å². The molecule has 0 radical (unpaired) electrons. The van der Waals surface area contributed by atoms with Crippen molar-refractivity contribution >= 4 is 17.3 Å². The number of fused-ring (bicyclic) bond motifs is 1. The molecule has 9 nitrogen and oxygen atoms in total. The van der Waals surface area contributed by atoms with Gasteiger partial charge in [-0.1, -0.05) is 18.2 Å². The molecule has 9 heteroatoms. The van der Waals surface area contributed by atoms with Gasteiger partial charge in [-0.15, -0.1) is 10.2 Å². The minimum Gasteiger partial charge on any atom is -0.505 e. The van der Waals surface area contributed by atoms with Crippen LogP contribution in [-0.2, 0) is 22.4 Å². The molecule has 3 aromatic rings. The highest BCUT2D eigenvalue weighted by molar-refractivity contribution is 5.84. The van der Waals surface area contributed by atoms with Gasteiger partial charge >= 0.3 is 5.97 Å². The molecule has 168 valence electrons. The summed E-state index contributed by atoms with van der Waals surface area (Å²) >= 11 is 0. The largest absolute Gasteiger partial charge is 0.505 e. The number of phenolic OH excluding ortho intramolecular Hbond substituents is 1. The SMILES string of the molecule is Cc1[nH]n(-c2ccc3c(c2)CCC3)c(=O)c1N=Nc1cccc(C2CC=C(C(=O)O)O2)c1O. The third-order valence-corrected chi connectivity index (χ3v) is 6.03. The van der Waals surface area contributed by atoms with Crippen LogP contribution in [-0.4, -0.2) is 26.0 Å². The van der Waals surface area contributed by atoms with Crippen LogP contribution >= 0.6 is 0 Å². The topological polar surface area (TPSA) is 129 Å². The third-order valence-electron chi connectivity index (χ3n) is 6.03. The number of carboxylic acid groups (broad SMARTS) is 1. The number of nitrogens with zero attached hydrogens (tertiary/aromatic N) is 3. The predicted molar refractivity (Wildman–Crippen MR) is 120 cm³/mol. The third kappa shape index (κ3) is 3.71. The molecule has 33 heavy (non-hydrogen) atoms. The van der Waals surface area contributed by atoms with Crippen LogP contribution in [0.4, 0.5) is 11.4 Å². The number of azo groups is 1. The summed E-state index contributed by atoms with van der Waals surface area (Å²) in [6.45, 7) is 1.74. The Labute approximate surface area is 188 Å². The average molecular weight is 446 g/mol. The maximum atomic E-state index is 13.0. The summed E-state index contributed by atoms with van der Waals surface area (Å²) in [5, 5.41) is 31.0. The van der Waals surface area contributed by atoms with Crippen LogP contribution in [0.3, 0.4) is 0 Å². The Balaban J connectivity index is 1.43. The number of hydrogen-bond donors (Lipinski definition) is 3. The van der Waals surface area contributed by atoms with Crippen molar-refractivity contribution in [1.29, 1.82) is 0 Å². The molecule has 2 heterocycles. The van der Waals surface area contributed by atoms with Crippen molar-refractivity contribution in [1.82, 2.24) is 9.78 Å². The van der Waals surface area contributed by atoms with E-state index in [0.29, 0.717) is 17.7 Å². The first-order valence-electron chi connectivity index (χ1n) is 10.7. The molecule has 0 bridgehead atoms. The number of nitrogens with one attached hydrogen (secondary N) is 1. The lowest BCUT2D eigenvalue weighted by atomic mass is 10.1. The van der Waals surface area contributed by atoms with Crippen molar-refractivity contribution < 1.29 is 19.7 Å². The van der Waals surface area contributed by atoms with E-state index in [0.717, 1.165) is 24.9 Å². The monoisotopic (exact) mass is 446 g/mol. The van der Waals surface area contributed by atoms with Gasteiger partial charge in [0.1, 0.15) is 17.5 Å². The molecule has 1 atom stereocenters. The first-order chi connectivity index (χ1) is 15.9. The fourth-order valence-electron chi connectivity index (χ4n) is 4.32. The number of rotatable bonds is 5. The molecule has 1 aromatic heterocycles. The van der Waals surface area contributed by atoms with Gasteiger partial charge in [0.05, 0.1) is 11.4 Å². The van der Waals surface area contributed by atoms with Crippen LogP contribution in [0.2, 0.25) is 0 Å². The number of hydrogen-bond acceptors (Lipinski definition) is 6. The second-order valence-electron chi connectivity index (χ2n) is 8.16. The number of carboxylic acids is 1. The number of aliphatic carboxylic acids is 1. The molecule has 1 aliphatic heterocycles. The number of aromatic hydroxyl groups is 1. The summed E-state index contributed by atoms with van der Waals surface area (Å²) in [4.78, 5) is 24.1. The normalized spacial score (nSPS) is 17.2. The number of para-hydroxylation sites is 1. The van der Waals surface area contributed by atoms with Crippen LogP contribution < -0.4 is 5.56 Å². The Bertz CT molecular complexity index is 1380. The molecular weight excluding hydrogens is 424 g/mol. The van der Waals surface area contributed by atoms with E-state index in [4.69, 9.17) is 9.84 Å². The van der Waals surface area contributed by atoms with Crippen molar-refractivity contribution in [3.8, 4) is 11.4 Å². The molecule has 0 saturated carbocycles. The van der Waals surface area contributed by atoms with E-state index in [1.54, 1.807) is 25.1 Å². The molecule has 1 aliphatic carbocycles. The molecule has 0 fully saturated rings. The van der Waals surface area contributed by atoms with Gasteiger partial charge in [-0.3, -0.25) is 9.89 Å². The Morgan fingerprint density at radius 3 is 2.79 bits per heavy atom. The minimum absolute atomic E-state index is 0.146. The average Bonchev–Trinajstić information content (AvgIpc) is 3.52. The Kier molecular flexibility index (Phi) is 5.08. The maximum absolute atomic E-state index is 13.0. The molecule has 3 N–H and O–H groups in total. The van der Waals surface area contributed by atoms with Crippen molar-refractivity contribution in [3.05, 3.63) is 81.0 Å². The molecule has 2 aliphatic rings. The van der Waals surface area contributed by atoms with Gasteiger partial charge in [0.25, 0.3) is 5.56 Å². The predicted octanol–water partition coefficient (Wildman–Crippen LogP) is 4.51. The zero-order valence-electron chi connectivity index (χ0n) is 17.9. The summed E-state index contributed by atoms with van der Waals surface area (Å²) < 4.78 is 6.85. The lowest BCUT2D eigenvalue weighted by Crippen LogP contribution is -2.14. The zero-order valence-corrected chi connectivity index (χ0v) is 17.9.